The Hall–Kier alpha value is -2.60. The summed E-state index contributed by atoms with van der Waals surface area (Å²) in [7, 11) is 1.58. The maximum atomic E-state index is 13.2. The highest BCUT2D eigenvalue weighted by molar-refractivity contribution is 6.03. The summed E-state index contributed by atoms with van der Waals surface area (Å²) in [6.45, 7) is 3.80. The third-order valence-electron chi connectivity index (χ3n) is 5.45. The summed E-state index contributed by atoms with van der Waals surface area (Å²) in [5.41, 5.74) is -0.204. The molecule has 1 amide bonds. The van der Waals surface area contributed by atoms with Crippen molar-refractivity contribution in [2.24, 2.45) is 11.8 Å². The van der Waals surface area contributed by atoms with Gasteiger partial charge in [-0.3, -0.25) is 9.59 Å². The molecule has 4 rings (SSSR count). The Bertz CT molecular complexity index is 771. The first-order valence-electron chi connectivity index (χ1n) is 8.21. The standard InChI is InChI=1S/C19H19NO5/c1-3-4-14-19-10-9-13(25-19)15(18(22)23)16(19)17(21)20(14)11-5-7-12(24-2)8-6-11/h3,5-10,13-16H,1,4H2,2H3,(H,22,23)/t13-,14+,15+,16-,19+/m1/s1. The number of nitrogens with zero attached hydrogens (tertiary/aromatic N) is 1. The topological polar surface area (TPSA) is 76.1 Å². The van der Waals surface area contributed by atoms with E-state index in [9.17, 15) is 14.7 Å². The molecular weight excluding hydrogens is 322 g/mol. The van der Waals surface area contributed by atoms with Crippen LogP contribution in [0.5, 0.6) is 5.75 Å². The molecule has 2 saturated heterocycles. The van der Waals surface area contributed by atoms with Gasteiger partial charge in [-0.1, -0.05) is 18.2 Å². The van der Waals surface area contributed by atoms with E-state index in [1.165, 1.54) is 0 Å². The molecule has 1 N–H and O–H groups in total. The number of hydrogen-bond acceptors (Lipinski definition) is 4. The van der Waals surface area contributed by atoms with Gasteiger partial charge in [-0.15, -0.1) is 6.58 Å². The zero-order chi connectivity index (χ0) is 17.8. The lowest BCUT2D eigenvalue weighted by Crippen LogP contribution is -2.45. The summed E-state index contributed by atoms with van der Waals surface area (Å²) < 4.78 is 11.2. The second kappa shape index (κ2) is 5.46. The molecule has 3 heterocycles. The van der Waals surface area contributed by atoms with Gasteiger partial charge in [0.1, 0.15) is 17.3 Å². The van der Waals surface area contributed by atoms with Crippen molar-refractivity contribution in [3.63, 3.8) is 0 Å². The predicted octanol–water partition coefficient (Wildman–Crippen LogP) is 2.01. The molecule has 3 aliphatic heterocycles. The molecular formula is C19H19NO5. The molecule has 2 fully saturated rings. The summed E-state index contributed by atoms with van der Waals surface area (Å²) >= 11 is 0. The molecule has 0 unspecified atom stereocenters. The molecule has 2 bridgehead atoms. The van der Waals surface area contributed by atoms with E-state index in [1.807, 2.05) is 6.08 Å². The van der Waals surface area contributed by atoms with Crippen LogP contribution in [0.25, 0.3) is 0 Å². The third kappa shape index (κ3) is 2.00. The smallest absolute Gasteiger partial charge is 0.310 e. The van der Waals surface area contributed by atoms with Crippen LogP contribution in [0, 0.1) is 11.8 Å². The van der Waals surface area contributed by atoms with Crippen LogP contribution in [-0.2, 0) is 14.3 Å². The van der Waals surface area contributed by atoms with Crippen LogP contribution < -0.4 is 9.64 Å². The van der Waals surface area contributed by atoms with E-state index < -0.39 is 29.5 Å². The first kappa shape index (κ1) is 15.9. The Kier molecular flexibility index (Phi) is 3.47. The van der Waals surface area contributed by atoms with Gasteiger partial charge in [0.15, 0.2) is 0 Å². The molecule has 1 spiro atoms. The number of carboxylic acids is 1. The highest BCUT2D eigenvalue weighted by Crippen LogP contribution is 2.56. The third-order valence-corrected chi connectivity index (χ3v) is 5.45. The van der Waals surface area contributed by atoms with Crippen LogP contribution in [0.15, 0.2) is 49.1 Å². The molecule has 1 aromatic rings. The number of methoxy groups -OCH3 is 1. The van der Waals surface area contributed by atoms with Crippen molar-refractivity contribution in [2.45, 2.75) is 24.2 Å². The molecule has 1 aromatic carbocycles. The largest absolute Gasteiger partial charge is 0.497 e. The minimum atomic E-state index is -0.997. The molecule has 5 atom stereocenters. The summed E-state index contributed by atoms with van der Waals surface area (Å²) in [5.74, 6) is -2.09. The zero-order valence-electron chi connectivity index (χ0n) is 13.8. The number of rotatable bonds is 5. The lowest BCUT2D eigenvalue weighted by molar-refractivity contribution is -0.146. The van der Waals surface area contributed by atoms with Gasteiger partial charge in [0.2, 0.25) is 5.91 Å². The summed E-state index contributed by atoms with van der Waals surface area (Å²) in [5, 5.41) is 9.62. The molecule has 25 heavy (non-hydrogen) atoms. The fraction of sp³-hybridized carbons (Fsp3) is 0.368. The minimum absolute atomic E-state index is 0.212. The number of benzene rings is 1. The van der Waals surface area contributed by atoms with Gasteiger partial charge in [-0.2, -0.15) is 0 Å². The highest BCUT2D eigenvalue weighted by atomic mass is 16.5. The average Bonchev–Trinajstić information content (AvgIpc) is 3.24. The normalized spacial score (nSPS) is 35.1. The van der Waals surface area contributed by atoms with E-state index in [2.05, 4.69) is 6.58 Å². The second-order valence-corrected chi connectivity index (χ2v) is 6.58. The van der Waals surface area contributed by atoms with Gasteiger partial charge in [0.05, 0.1) is 25.2 Å². The van der Waals surface area contributed by atoms with E-state index in [0.717, 1.165) is 0 Å². The number of anilines is 1. The molecule has 0 aliphatic carbocycles. The first-order valence-corrected chi connectivity index (χ1v) is 8.21. The number of fused-ring (bicyclic) bond motifs is 1. The Balaban J connectivity index is 1.80. The maximum absolute atomic E-state index is 13.2. The van der Waals surface area contributed by atoms with Crippen molar-refractivity contribution in [1.29, 1.82) is 0 Å². The van der Waals surface area contributed by atoms with Gasteiger partial charge in [-0.25, -0.2) is 0 Å². The van der Waals surface area contributed by atoms with Crippen molar-refractivity contribution in [3.8, 4) is 5.75 Å². The molecule has 130 valence electrons. The summed E-state index contributed by atoms with van der Waals surface area (Å²) in [6.07, 6.45) is 5.35. The molecule has 6 nitrogen and oxygen atoms in total. The highest BCUT2D eigenvalue weighted by Gasteiger charge is 2.71. The maximum Gasteiger partial charge on any atom is 0.310 e. The number of carboxylic acid groups (broad SMARTS) is 1. The molecule has 0 aromatic heterocycles. The number of amides is 1. The number of aliphatic carboxylic acids is 1. The Morgan fingerprint density at radius 2 is 2.16 bits per heavy atom. The Labute approximate surface area is 145 Å². The lowest BCUT2D eigenvalue weighted by Gasteiger charge is -2.32. The van der Waals surface area contributed by atoms with Gasteiger partial charge >= 0.3 is 5.97 Å². The second-order valence-electron chi connectivity index (χ2n) is 6.58. The SMILES string of the molecule is C=CC[C@@H]1N(c2ccc(OC)cc2)C(=O)[C@H]2[C@@H](C(=O)O)[C@H]3C=C[C@]12O3. The first-order chi connectivity index (χ1) is 12.0. The summed E-state index contributed by atoms with van der Waals surface area (Å²) in [6, 6.07) is 6.85. The van der Waals surface area contributed by atoms with E-state index in [4.69, 9.17) is 9.47 Å². The monoisotopic (exact) mass is 341 g/mol. The number of hydrogen-bond donors (Lipinski definition) is 1. The minimum Gasteiger partial charge on any atom is -0.497 e. The van der Waals surface area contributed by atoms with E-state index >= 15 is 0 Å². The molecule has 0 radical (unpaired) electrons. The fourth-order valence-electron chi connectivity index (χ4n) is 4.43. The van der Waals surface area contributed by atoms with E-state index in [1.54, 1.807) is 48.4 Å². The Morgan fingerprint density at radius 1 is 1.44 bits per heavy atom. The fourth-order valence-corrected chi connectivity index (χ4v) is 4.43. The average molecular weight is 341 g/mol. The van der Waals surface area contributed by atoms with Gasteiger partial charge in [0.25, 0.3) is 0 Å². The van der Waals surface area contributed by atoms with Crippen molar-refractivity contribution in [3.05, 3.63) is 49.1 Å². The summed E-state index contributed by atoms with van der Waals surface area (Å²) in [4.78, 5) is 26.6. The zero-order valence-corrected chi connectivity index (χ0v) is 13.8. The van der Waals surface area contributed by atoms with Crippen molar-refractivity contribution in [2.75, 3.05) is 12.0 Å². The van der Waals surface area contributed by atoms with Gasteiger partial charge < -0.3 is 19.5 Å². The van der Waals surface area contributed by atoms with Crippen LogP contribution in [0.4, 0.5) is 5.69 Å². The number of carbonyl (C=O) groups excluding carboxylic acids is 1. The number of carbonyl (C=O) groups is 2. The van der Waals surface area contributed by atoms with Gasteiger partial charge in [0, 0.05) is 5.69 Å². The van der Waals surface area contributed by atoms with Crippen LogP contribution in [0.1, 0.15) is 6.42 Å². The predicted molar refractivity (Wildman–Crippen MR) is 90.4 cm³/mol. The van der Waals surface area contributed by atoms with Crippen LogP contribution in [0.3, 0.4) is 0 Å². The van der Waals surface area contributed by atoms with Crippen LogP contribution in [-0.4, -0.2) is 41.8 Å². The van der Waals surface area contributed by atoms with E-state index in [-0.39, 0.29) is 11.9 Å². The lowest BCUT2D eigenvalue weighted by atomic mass is 9.74. The molecule has 6 heteroatoms. The van der Waals surface area contributed by atoms with E-state index in [0.29, 0.717) is 17.9 Å². The van der Waals surface area contributed by atoms with Crippen LogP contribution >= 0.6 is 0 Å². The number of ether oxygens (including phenoxy) is 2. The Morgan fingerprint density at radius 3 is 2.76 bits per heavy atom. The van der Waals surface area contributed by atoms with Crippen LogP contribution in [0.2, 0.25) is 0 Å². The molecule has 3 aliphatic rings. The molecule has 0 saturated carbocycles. The van der Waals surface area contributed by atoms with Crippen molar-refractivity contribution < 1.29 is 24.2 Å². The van der Waals surface area contributed by atoms with Crippen molar-refractivity contribution >= 4 is 17.6 Å². The van der Waals surface area contributed by atoms with Crippen molar-refractivity contribution in [1.82, 2.24) is 0 Å². The van der Waals surface area contributed by atoms with Gasteiger partial charge in [-0.05, 0) is 30.7 Å². The quantitative estimate of drug-likeness (QED) is 0.829.